The quantitative estimate of drug-likeness (QED) is 0.196. The van der Waals surface area contributed by atoms with Gasteiger partial charge in [-0.1, -0.05) is 100 Å². The van der Waals surface area contributed by atoms with E-state index < -0.39 is 34.1 Å². The molecule has 0 saturated carbocycles. The molecule has 230 valence electrons. The average Bonchev–Trinajstić information content (AvgIpc) is 2.98. The van der Waals surface area contributed by atoms with Crippen molar-refractivity contribution in [3.63, 3.8) is 0 Å². The molecule has 1 unspecified atom stereocenters. The van der Waals surface area contributed by atoms with Gasteiger partial charge >= 0.3 is 0 Å². The van der Waals surface area contributed by atoms with Crippen molar-refractivity contribution >= 4 is 43.5 Å². The first-order valence-electron chi connectivity index (χ1n) is 14.4. The summed E-state index contributed by atoms with van der Waals surface area (Å²) in [6, 6.07) is 31.3. The van der Waals surface area contributed by atoms with Crippen LogP contribution < -0.4 is 9.62 Å². The topological polar surface area (TPSA) is 86.8 Å². The van der Waals surface area contributed by atoms with Crippen LogP contribution in [0.1, 0.15) is 37.5 Å². The highest BCUT2D eigenvalue weighted by molar-refractivity contribution is 9.10. The number of aryl methyl sites for hydroxylation is 1. The molecule has 2 amide bonds. The molecule has 4 aromatic carbocycles. The van der Waals surface area contributed by atoms with Crippen LogP contribution in [0.4, 0.5) is 5.69 Å². The van der Waals surface area contributed by atoms with Gasteiger partial charge in [0.1, 0.15) is 12.6 Å². The van der Waals surface area contributed by atoms with Crippen molar-refractivity contribution in [2.75, 3.05) is 10.8 Å². The van der Waals surface area contributed by atoms with Crippen LogP contribution in [0.25, 0.3) is 0 Å². The lowest BCUT2D eigenvalue weighted by Gasteiger charge is -2.35. The predicted molar refractivity (Wildman–Crippen MR) is 179 cm³/mol. The summed E-state index contributed by atoms with van der Waals surface area (Å²) in [5, 5.41) is 3.04. The Labute approximate surface area is 269 Å². The molecule has 0 aromatic heterocycles. The summed E-state index contributed by atoms with van der Waals surface area (Å²) < 4.78 is 30.0. The van der Waals surface area contributed by atoms with Gasteiger partial charge in [-0.15, -0.1) is 0 Å². The monoisotopic (exact) mass is 675 g/mol. The van der Waals surface area contributed by atoms with E-state index in [-0.39, 0.29) is 23.8 Å². The summed E-state index contributed by atoms with van der Waals surface area (Å²) in [6.45, 7) is 7.15. The lowest BCUT2D eigenvalue weighted by atomic mass is 10.0. The van der Waals surface area contributed by atoms with Gasteiger partial charge < -0.3 is 10.2 Å². The molecule has 0 aliphatic rings. The number of nitrogens with zero attached hydrogens (tertiary/aromatic N) is 2. The molecular formula is C35H38BrN3O4S. The Morgan fingerprint density at radius 3 is 1.98 bits per heavy atom. The summed E-state index contributed by atoms with van der Waals surface area (Å²) >= 11 is 3.44. The smallest absolute Gasteiger partial charge is 0.264 e. The molecule has 7 nitrogen and oxygen atoms in total. The molecule has 0 bridgehead atoms. The second kappa shape index (κ2) is 14.2. The van der Waals surface area contributed by atoms with Crippen molar-refractivity contribution in [2.24, 2.45) is 0 Å². The number of hydrogen-bond acceptors (Lipinski definition) is 4. The maximum Gasteiger partial charge on any atom is 0.264 e. The Hall–Kier alpha value is -3.95. The van der Waals surface area contributed by atoms with E-state index in [9.17, 15) is 18.0 Å². The van der Waals surface area contributed by atoms with Crippen molar-refractivity contribution in [3.05, 3.63) is 130 Å². The molecule has 9 heteroatoms. The van der Waals surface area contributed by atoms with Crippen molar-refractivity contribution in [3.8, 4) is 0 Å². The van der Waals surface area contributed by atoms with Crippen molar-refractivity contribution in [2.45, 2.75) is 57.1 Å². The highest BCUT2D eigenvalue weighted by Gasteiger charge is 2.35. The zero-order chi connectivity index (χ0) is 31.9. The lowest BCUT2D eigenvalue weighted by Crippen LogP contribution is -2.56. The van der Waals surface area contributed by atoms with E-state index in [0.717, 1.165) is 21.0 Å². The molecule has 44 heavy (non-hydrogen) atoms. The Bertz CT molecular complexity index is 1670. The first-order chi connectivity index (χ1) is 20.8. The second-order valence-electron chi connectivity index (χ2n) is 11.8. The van der Waals surface area contributed by atoms with Gasteiger partial charge in [0.15, 0.2) is 0 Å². The fraction of sp³-hybridized carbons (Fsp3) is 0.257. The van der Waals surface area contributed by atoms with Crippen molar-refractivity contribution in [1.82, 2.24) is 10.2 Å². The number of sulfonamides is 1. The molecule has 0 aliphatic carbocycles. The van der Waals surface area contributed by atoms with Gasteiger partial charge in [-0.25, -0.2) is 8.42 Å². The highest BCUT2D eigenvalue weighted by atomic mass is 79.9. The minimum atomic E-state index is -4.16. The summed E-state index contributed by atoms with van der Waals surface area (Å²) in [6.07, 6.45) is 0.253. The van der Waals surface area contributed by atoms with Crippen LogP contribution in [0.2, 0.25) is 0 Å². The normalized spacial score (nSPS) is 12.3. The minimum absolute atomic E-state index is 0.0665. The van der Waals surface area contributed by atoms with Crippen LogP contribution in [-0.2, 0) is 32.6 Å². The average molecular weight is 677 g/mol. The number of halogens is 1. The van der Waals surface area contributed by atoms with Gasteiger partial charge in [0.05, 0.1) is 10.6 Å². The standard InChI is InChI=1S/C35H38BrN3O4S/c1-26-18-20-31(21-19-26)44(42,43)39(30-17-11-16-29(36)23-30)25-33(40)38(24-28-14-9-6-10-15-28)32(34(41)37-35(2,3)4)22-27-12-7-5-8-13-27/h5-21,23,32H,22,24-25H2,1-4H3,(H,37,41). The van der Waals surface area contributed by atoms with E-state index in [0.29, 0.717) is 10.2 Å². The second-order valence-corrected chi connectivity index (χ2v) is 14.5. The molecule has 0 aliphatic heterocycles. The first-order valence-corrected chi connectivity index (χ1v) is 16.6. The molecule has 4 rings (SSSR count). The number of hydrogen-bond donors (Lipinski definition) is 1. The summed E-state index contributed by atoms with van der Waals surface area (Å²) in [5.41, 5.74) is 2.38. The van der Waals surface area contributed by atoms with E-state index in [1.807, 2.05) is 88.4 Å². The molecule has 0 radical (unpaired) electrons. The maximum atomic E-state index is 14.5. The Kier molecular flexibility index (Phi) is 10.7. The Morgan fingerprint density at radius 1 is 0.818 bits per heavy atom. The molecule has 1 N–H and O–H groups in total. The Balaban J connectivity index is 1.80. The van der Waals surface area contributed by atoms with Crippen LogP contribution >= 0.6 is 15.9 Å². The van der Waals surface area contributed by atoms with Gasteiger partial charge in [0, 0.05) is 23.0 Å². The van der Waals surface area contributed by atoms with Crippen LogP contribution in [0.5, 0.6) is 0 Å². The number of carbonyl (C=O) groups is 2. The van der Waals surface area contributed by atoms with Gasteiger partial charge in [-0.05, 0) is 69.2 Å². The zero-order valence-electron chi connectivity index (χ0n) is 25.4. The van der Waals surface area contributed by atoms with Gasteiger partial charge in [0.2, 0.25) is 11.8 Å². The fourth-order valence-electron chi connectivity index (χ4n) is 4.78. The number of carbonyl (C=O) groups excluding carboxylic acids is 2. The van der Waals surface area contributed by atoms with Crippen LogP contribution in [0.15, 0.2) is 119 Å². The maximum absolute atomic E-state index is 14.5. The summed E-state index contributed by atoms with van der Waals surface area (Å²) in [4.78, 5) is 30.0. The Morgan fingerprint density at radius 2 is 1.41 bits per heavy atom. The van der Waals surface area contributed by atoms with Crippen LogP contribution in [-0.4, -0.2) is 43.3 Å². The van der Waals surface area contributed by atoms with E-state index in [1.54, 1.807) is 36.4 Å². The molecule has 0 fully saturated rings. The van der Waals surface area contributed by atoms with Gasteiger partial charge in [0.25, 0.3) is 10.0 Å². The number of amides is 2. The lowest BCUT2D eigenvalue weighted by molar-refractivity contribution is -0.140. The van der Waals surface area contributed by atoms with Crippen LogP contribution in [0.3, 0.4) is 0 Å². The third kappa shape index (κ3) is 8.80. The van der Waals surface area contributed by atoms with E-state index >= 15 is 0 Å². The van der Waals surface area contributed by atoms with Gasteiger partial charge in [-0.2, -0.15) is 0 Å². The third-order valence-corrected chi connectivity index (χ3v) is 9.23. The summed E-state index contributed by atoms with van der Waals surface area (Å²) in [5.74, 6) is -0.824. The minimum Gasteiger partial charge on any atom is -0.350 e. The zero-order valence-corrected chi connectivity index (χ0v) is 27.8. The number of benzene rings is 4. The van der Waals surface area contributed by atoms with Crippen molar-refractivity contribution < 1.29 is 18.0 Å². The first kappa shape index (κ1) is 33.0. The molecule has 1 atom stereocenters. The molecule has 0 spiro atoms. The highest BCUT2D eigenvalue weighted by Crippen LogP contribution is 2.27. The van der Waals surface area contributed by atoms with Crippen molar-refractivity contribution in [1.29, 1.82) is 0 Å². The molecular weight excluding hydrogens is 638 g/mol. The van der Waals surface area contributed by atoms with Crippen LogP contribution in [0, 0.1) is 6.92 Å². The number of anilines is 1. The predicted octanol–water partition coefficient (Wildman–Crippen LogP) is 6.51. The van der Waals surface area contributed by atoms with E-state index in [1.165, 1.54) is 17.0 Å². The number of rotatable bonds is 11. The SMILES string of the molecule is Cc1ccc(S(=O)(=O)N(CC(=O)N(Cc2ccccc2)C(Cc2ccccc2)C(=O)NC(C)(C)C)c2cccc(Br)c2)cc1. The molecule has 0 heterocycles. The molecule has 0 saturated heterocycles. The van der Waals surface area contributed by atoms with E-state index in [4.69, 9.17) is 0 Å². The largest absolute Gasteiger partial charge is 0.350 e. The van der Waals surface area contributed by atoms with E-state index in [2.05, 4.69) is 21.2 Å². The molecule has 4 aromatic rings. The fourth-order valence-corrected chi connectivity index (χ4v) is 6.58. The summed E-state index contributed by atoms with van der Waals surface area (Å²) in [7, 11) is -4.16. The third-order valence-electron chi connectivity index (χ3n) is 6.95. The number of nitrogens with one attached hydrogen (secondary N) is 1. The van der Waals surface area contributed by atoms with Gasteiger partial charge in [-0.3, -0.25) is 13.9 Å².